The third-order valence-electron chi connectivity index (χ3n) is 17.7. The normalized spacial score (nSPS) is 17.1. The van der Waals surface area contributed by atoms with Gasteiger partial charge in [0.25, 0.3) is 17.0 Å². The van der Waals surface area contributed by atoms with Crippen LogP contribution in [0, 0.1) is 49.0 Å². The van der Waals surface area contributed by atoms with Crippen LogP contribution in [0.3, 0.4) is 0 Å². The number of carboxylic acid groups (broad SMARTS) is 1. The highest BCUT2D eigenvalue weighted by Gasteiger charge is 2.32. The molecule has 20 heteroatoms. The summed E-state index contributed by atoms with van der Waals surface area (Å²) in [6.07, 6.45) is 8.57. The van der Waals surface area contributed by atoms with Crippen LogP contribution in [0.2, 0.25) is 0 Å². The number of aromatic nitrogens is 6. The molecule has 0 unspecified atom stereocenters. The SMILES string of the molecule is CNC(=O)c1ccc(C)c(-c2nc(N3CCC(N4CCC(C)CC4)CC3)nc3c2ccc(=O)n3-c2c(F)cccc2F)c1.Cc1ccc(C(=O)O)cc1-c1nc(N2CCC(N3CCC(C)CC3)CC2)nc2c1ccc(=O)n2-c1c(F)cccc1F. The van der Waals surface area contributed by atoms with Crippen molar-refractivity contribution < 1.29 is 32.3 Å². The molecule has 4 aromatic heterocycles. The lowest BCUT2D eigenvalue weighted by Crippen LogP contribution is -2.48. The third-order valence-corrected chi connectivity index (χ3v) is 17.7. The topological polar surface area (TPSA) is 175 Å². The first-order chi connectivity index (χ1) is 41.0. The number of hydrogen-bond donors (Lipinski definition) is 2. The highest BCUT2D eigenvalue weighted by molar-refractivity contribution is 5.99. The summed E-state index contributed by atoms with van der Waals surface area (Å²) >= 11 is 0. The maximum atomic E-state index is 15.1. The average Bonchev–Trinajstić information content (AvgIpc) is 2.09. The molecule has 442 valence electrons. The highest BCUT2D eigenvalue weighted by atomic mass is 19.1. The van der Waals surface area contributed by atoms with Crippen molar-refractivity contribution in [3.8, 4) is 33.9 Å². The molecule has 0 radical (unpaired) electrons. The largest absolute Gasteiger partial charge is 0.478 e. The fraction of sp³-hybridized carbons (Fsp3) is 0.385. The molecule has 0 bridgehead atoms. The fourth-order valence-corrected chi connectivity index (χ4v) is 12.6. The summed E-state index contributed by atoms with van der Waals surface area (Å²) in [5.41, 5.74) is 2.14. The number of aryl methyl sites for hydroxylation is 2. The van der Waals surface area contributed by atoms with E-state index in [1.165, 1.54) is 68.1 Å². The smallest absolute Gasteiger partial charge is 0.335 e. The molecule has 4 aliphatic heterocycles. The number of carbonyl (C=O) groups is 2. The minimum atomic E-state index is -1.09. The Hall–Kier alpha value is -8.36. The fourth-order valence-electron chi connectivity index (χ4n) is 12.6. The van der Waals surface area contributed by atoms with Crippen molar-refractivity contribution in [2.24, 2.45) is 11.8 Å². The number of pyridine rings is 2. The second-order valence-corrected chi connectivity index (χ2v) is 23.2. The highest BCUT2D eigenvalue weighted by Crippen LogP contribution is 2.36. The van der Waals surface area contributed by atoms with Crippen molar-refractivity contribution in [1.82, 2.24) is 44.2 Å². The van der Waals surface area contributed by atoms with Crippen LogP contribution in [0.4, 0.5) is 29.5 Å². The monoisotopic (exact) mass is 1160 g/mol. The minimum Gasteiger partial charge on any atom is -0.478 e. The van der Waals surface area contributed by atoms with Gasteiger partial charge in [-0.3, -0.25) is 23.5 Å². The number of hydrogen-bond acceptors (Lipinski definition) is 12. The molecule has 12 rings (SSSR count). The number of nitrogens with zero attached hydrogens (tertiary/aromatic N) is 10. The van der Waals surface area contributed by atoms with Crippen molar-refractivity contribution >= 4 is 45.8 Å². The van der Waals surface area contributed by atoms with E-state index in [2.05, 4.69) is 33.9 Å². The molecule has 0 spiro atoms. The van der Waals surface area contributed by atoms with Crippen molar-refractivity contribution in [1.29, 1.82) is 0 Å². The molecule has 2 N–H and O–H groups in total. The molecule has 4 fully saturated rings. The number of fused-ring (bicyclic) bond motifs is 2. The van der Waals surface area contributed by atoms with Gasteiger partial charge in [-0.2, -0.15) is 9.97 Å². The third kappa shape index (κ3) is 11.9. The molecule has 16 nitrogen and oxygen atoms in total. The summed E-state index contributed by atoms with van der Waals surface area (Å²) < 4.78 is 62.3. The van der Waals surface area contributed by atoms with E-state index in [4.69, 9.17) is 19.9 Å². The van der Waals surface area contributed by atoms with Gasteiger partial charge in [0, 0.05) is 84.9 Å². The van der Waals surface area contributed by atoms with E-state index in [0.29, 0.717) is 89.0 Å². The first-order valence-corrected chi connectivity index (χ1v) is 29.4. The van der Waals surface area contributed by atoms with Crippen LogP contribution in [0.5, 0.6) is 0 Å². The number of carboxylic acids is 1. The molecule has 0 atom stereocenters. The van der Waals surface area contributed by atoms with Gasteiger partial charge in [0.05, 0.1) is 17.0 Å². The Kier molecular flexibility index (Phi) is 17.0. The zero-order valence-corrected chi connectivity index (χ0v) is 48.4. The van der Waals surface area contributed by atoms with E-state index in [1.807, 2.05) is 24.8 Å². The van der Waals surface area contributed by atoms with E-state index in [9.17, 15) is 24.3 Å². The first kappa shape index (κ1) is 58.4. The van der Waals surface area contributed by atoms with Crippen LogP contribution in [0.15, 0.2) is 107 Å². The molecular weight excluding hydrogens is 1090 g/mol. The maximum Gasteiger partial charge on any atom is 0.335 e. The number of rotatable bonds is 10. The van der Waals surface area contributed by atoms with Crippen molar-refractivity contribution in [3.05, 3.63) is 163 Å². The van der Waals surface area contributed by atoms with E-state index in [0.717, 1.165) is 108 Å². The zero-order valence-electron chi connectivity index (χ0n) is 48.4. The Labute approximate surface area is 489 Å². The summed E-state index contributed by atoms with van der Waals surface area (Å²) in [6.45, 7) is 15.6. The number of para-hydroxylation sites is 2. The summed E-state index contributed by atoms with van der Waals surface area (Å²) in [7, 11) is 1.57. The molecular formula is C65H69F4N11O5. The zero-order chi connectivity index (χ0) is 59.8. The molecule has 1 amide bonds. The van der Waals surface area contributed by atoms with E-state index >= 15 is 17.6 Å². The Balaban J connectivity index is 0.000000177. The Morgan fingerprint density at radius 1 is 0.506 bits per heavy atom. The average molecular weight is 1160 g/mol. The van der Waals surface area contributed by atoms with E-state index < -0.39 is 51.7 Å². The van der Waals surface area contributed by atoms with Crippen molar-refractivity contribution in [2.75, 3.05) is 69.2 Å². The first-order valence-electron chi connectivity index (χ1n) is 29.4. The summed E-state index contributed by atoms with van der Waals surface area (Å²) in [5.74, 6) is -2.63. The van der Waals surface area contributed by atoms with Gasteiger partial charge in [0.15, 0.2) is 11.3 Å². The number of nitrogens with one attached hydrogen (secondary N) is 1. The number of amides is 1. The molecule has 85 heavy (non-hydrogen) atoms. The summed E-state index contributed by atoms with van der Waals surface area (Å²) in [4.78, 5) is 79.6. The Morgan fingerprint density at radius 3 is 1.26 bits per heavy atom. The van der Waals surface area contributed by atoms with Crippen LogP contribution in [0.25, 0.3) is 56.0 Å². The molecule has 4 saturated heterocycles. The molecule has 4 aliphatic rings. The Morgan fingerprint density at radius 2 is 0.882 bits per heavy atom. The molecule has 0 saturated carbocycles. The quantitative estimate of drug-likeness (QED) is 0.124. The van der Waals surface area contributed by atoms with Crippen LogP contribution < -0.4 is 26.2 Å². The van der Waals surface area contributed by atoms with Gasteiger partial charge in [-0.25, -0.2) is 32.3 Å². The lowest BCUT2D eigenvalue weighted by molar-refractivity contribution is 0.0696. The van der Waals surface area contributed by atoms with Crippen LogP contribution in [0.1, 0.15) is 97.1 Å². The van der Waals surface area contributed by atoms with Gasteiger partial charge >= 0.3 is 5.97 Å². The van der Waals surface area contributed by atoms with Gasteiger partial charge in [-0.05, 0) is 175 Å². The van der Waals surface area contributed by atoms with Gasteiger partial charge in [0.2, 0.25) is 11.9 Å². The standard InChI is InChI=1S/C33H36F2N6O2.C32H33F2N5O3/c1-20-11-15-39(16-12-20)23-13-17-40(18-14-23)33-37-29(25-19-22(32(43)36-3)8-7-21(25)2)24-9-10-28(42)41(31(24)38-33)30-26(34)5-4-6-27(30)35;1-19-10-14-37(15-11-19)22-12-16-38(17-13-22)32-35-28(24-18-21(31(41)42)7-6-20(24)2)23-8-9-27(40)39(30(23)36-32)29-25(33)4-3-5-26(29)34/h4-10,19-20,23H,11-18H2,1-3H3,(H,36,43);3-9,18-19,22H,10-17H2,1-2H3,(H,41,42). The van der Waals surface area contributed by atoms with Gasteiger partial charge in [0.1, 0.15) is 34.6 Å². The molecule has 4 aromatic carbocycles. The van der Waals surface area contributed by atoms with Crippen LogP contribution >= 0.6 is 0 Å². The van der Waals surface area contributed by atoms with Gasteiger partial charge in [-0.1, -0.05) is 38.1 Å². The van der Waals surface area contributed by atoms with E-state index in [-0.39, 0.29) is 22.8 Å². The lowest BCUT2D eigenvalue weighted by atomic mass is 9.95. The number of carbonyl (C=O) groups excluding carboxylic acids is 1. The number of piperidine rings is 4. The molecule has 8 aromatic rings. The predicted octanol–water partition coefficient (Wildman–Crippen LogP) is 10.5. The lowest BCUT2D eigenvalue weighted by Gasteiger charge is -2.41. The van der Waals surface area contributed by atoms with Gasteiger partial charge < -0.3 is 30.0 Å². The predicted molar refractivity (Wildman–Crippen MR) is 321 cm³/mol. The Bertz CT molecular complexity index is 3930. The number of likely N-dealkylation sites (tertiary alicyclic amines) is 2. The number of anilines is 2. The minimum absolute atomic E-state index is 0.0544. The van der Waals surface area contributed by atoms with E-state index in [1.54, 1.807) is 31.3 Å². The summed E-state index contributed by atoms with van der Waals surface area (Å²) in [6, 6.07) is 23.6. The number of aromatic carboxylic acids is 1. The van der Waals surface area contributed by atoms with Crippen LogP contribution in [-0.4, -0.2) is 127 Å². The second-order valence-electron chi connectivity index (χ2n) is 23.2. The van der Waals surface area contributed by atoms with Crippen LogP contribution in [-0.2, 0) is 0 Å². The second kappa shape index (κ2) is 24.7. The van der Waals surface area contributed by atoms with Crippen molar-refractivity contribution in [3.63, 3.8) is 0 Å². The summed E-state index contributed by atoms with van der Waals surface area (Å²) in [5, 5.41) is 13.2. The molecule has 8 heterocycles. The number of benzene rings is 4. The number of halogens is 4. The maximum absolute atomic E-state index is 15.1. The molecule has 0 aliphatic carbocycles. The van der Waals surface area contributed by atoms with Gasteiger partial charge in [-0.15, -0.1) is 0 Å². The van der Waals surface area contributed by atoms with Crippen molar-refractivity contribution in [2.45, 2.75) is 91.1 Å².